The topological polar surface area (TPSA) is 70.0 Å². The number of nitrogens with zero attached hydrogens (tertiary/aromatic N) is 1. The molecule has 5 heteroatoms. The van der Waals surface area contributed by atoms with Gasteiger partial charge in [-0.15, -0.1) is 0 Å². The van der Waals surface area contributed by atoms with E-state index < -0.39 is 5.41 Å². The highest BCUT2D eigenvalue weighted by molar-refractivity contribution is 5.82. The molecule has 0 saturated heterocycles. The van der Waals surface area contributed by atoms with Crippen LogP contribution < -0.4 is 4.74 Å². The fourth-order valence-corrected chi connectivity index (χ4v) is 3.18. The van der Waals surface area contributed by atoms with Crippen LogP contribution in [0.5, 0.6) is 17.2 Å². The summed E-state index contributed by atoms with van der Waals surface area (Å²) in [5.74, 6) is 1.14. The van der Waals surface area contributed by atoms with Gasteiger partial charge in [-0.2, -0.15) is 0 Å². The van der Waals surface area contributed by atoms with Crippen molar-refractivity contribution in [1.29, 1.82) is 0 Å². The molecule has 0 spiro atoms. The molecule has 2 aromatic carbocycles. The van der Waals surface area contributed by atoms with Crippen LogP contribution in [0.4, 0.5) is 0 Å². The Balaban J connectivity index is 1.77. The number of amides is 1. The molecule has 3 rings (SSSR count). The Morgan fingerprint density at radius 1 is 1.12 bits per heavy atom. The molecule has 5 nitrogen and oxygen atoms in total. The average Bonchev–Trinajstić information content (AvgIpc) is 2.77. The van der Waals surface area contributed by atoms with Crippen LogP contribution >= 0.6 is 0 Å². The van der Waals surface area contributed by atoms with Gasteiger partial charge in [0, 0.05) is 17.5 Å². The van der Waals surface area contributed by atoms with E-state index in [0.717, 1.165) is 11.1 Å². The lowest BCUT2D eigenvalue weighted by atomic mass is 9.84. The molecule has 132 valence electrons. The zero-order valence-electron chi connectivity index (χ0n) is 14.5. The van der Waals surface area contributed by atoms with Crippen LogP contribution in [-0.2, 0) is 17.8 Å². The van der Waals surface area contributed by atoms with Crippen molar-refractivity contribution in [3.63, 3.8) is 0 Å². The third-order valence-corrected chi connectivity index (χ3v) is 4.47. The number of rotatable bonds is 3. The van der Waals surface area contributed by atoms with E-state index in [0.29, 0.717) is 31.9 Å². The molecule has 1 amide bonds. The molecule has 1 aliphatic rings. The number of benzene rings is 2. The third kappa shape index (κ3) is 3.87. The number of ether oxygens (including phenoxy) is 1. The van der Waals surface area contributed by atoms with E-state index in [1.807, 2.05) is 26.0 Å². The van der Waals surface area contributed by atoms with E-state index in [-0.39, 0.29) is 17.4 Å². The first kappa shape index (κ1) is 17.1. The van der Waals surface area contributed by atoms with E-state index in [1.54, 1.807) is 35.2 Å². The quantitative estimate of drug-likeness (QED) is 0.900. The van der Waals surface area contributed by atoms with Crippen LogP contribution in [-0.4, -0.2) is 34.2 Å². The predicted molar refractivity (Wildman–Crippen MR) is 94.6 cm³/mol. The maximum absolute atomic E-state index is 13.1. The number of fused-ring (bicyclic) bond motifs is 1. The minimum absolute atomic E-state index is 0.0420. The minimum Gasteiger partial charge on any atom is -0.508 e. The highest BCUT2D eigenvalue weighted by atomic mass is 16.5. The van der Waals surface area contributed by atoms with Gasteiger partial charge in [0.1, 0.15) is 23.9 Å². The zero-order valence-corrected chi connectivity index (χ0v) is 14.5. The molecular weight excluding hydrogens is 318 g/mol. The summed E-state index contributed by atoms with van der Waals surface area (Å²) >= 11 is 0. The van der Waals surface area contributed by atoms with Crippen molar-refractivity contribution in [3.8, 4) is 17.2 Å². The summed E-state index contributed by atoms with van der Waals surface area (Å²) in [6.07, 6.45) is 0.580. The second-order valence-electron chi connectivity index (χ2n) is 7.09. The summed E-state index contributed by atoms with van der Waals surface area (Å²) in [6.45, 7) is 5.21. The van der Waals surface area contributed by atoms with Crippen LogP contribution in [0.2, 0.25) is 0 Å². The fourth-order valence-electron chi connectivity index (χ4n) is 3.18. The minimum atomic E-state index is -0.585. The Morgan fingerprint density at radius 3 is 2.52 bits per heavy atom. The van der Waals surface area contributed by atoms with Gasteiger partial charge < -0.3 is 19.8 Å². The molecule has 0 bridgehead atoms. The van der Waals surface area contributed by atoms with Gasteiger partial charge in [0.05, 0.1) is 6.54 Å². The Kier molecular flexibility index (Phi) is 4.57. The van der Waals surface area contributed by atoms with Gasteiger partial charge in [0.15, 0.2) is 0 Å². The first-order valence-corrected chi connectivity index (χ1v) is 8.37. The molecule has 0 unspecified atom stereocenters. The number of hydrogen-bond donors (Lipinski definition) is 2. The van der Waals surface area contributed by atoms with Gasteiger partial charge >= 0.3 is 0 Å². The lowest BCUT2D eigenvalue weighted by molar-refractivity contribution is -0.141. The maximum atomic E-state index is 13.1. The van der Waals surface area contributed by atoms with E-state index in [1.165, 1.54) is 0 Å². The molecule has 0 fully saturated rings. The molecule has 25 heavy (non-hydrogen) atoms. The summed E-state index contributed by atoms with van der Waals surface area (Å²) in [5.41, 5.74) is 1.23. The molecule has 1 heterocycles. The van der Waals surface area contributed by atoms with Crippen molar-refractivity contribution >= 4 is 5.91 Å². The van der Waals surface area contributed by atoms with E-state index >= 15 is 0 Å². The van der Waals surface area contributed by atoms with E-state index in [9.17, 15) is 15.0 Å². The summed E-state index contributed by atoms with van der Waals surface area (Å²) in [4.78, 5) is 14.9. The molecule has 0 saturated carbocycles. The van der Waals surface area contributed by atoms with E-state index in [4.69, 9.17) is 4.74 Å². The molecule has 0 radical (unpaired) electrons. The zero-order chi connectivity index (χ0) is 18.0. The number of carbonyl (C=O) groups excluding carboxylic acids is 1. The molecule has 0 aliphatic carbocycles. The van der Waals surface area contributed by atoms with Crippen molar-refractivity contribution in [1.82, 2.24) is 4.90 Å². The SMILES string of the molecule is CC(C)(Cc1ccc(O)cc1)C(=O)N1CCOc2ccc(O)cc2C1. The summed E-state index contributed by atoms with van der Waals surface area (Å²) in [5, 5.41) is 19.1. The van der Waals surface area contributed by atoms with Gasteiger partial charge in [-0.3, -0.25) is 4.79 Å². The van der Waals surface area contributed by atoms with Crippen molar-refractivity contribution in [2.75, 3.05) is 13.2 Å². The Hall–Kier alpha value is -2.69. The number of carbonyl (C=O) groups is 1. The van der Waals surface area contributed by atoms with E-state index in [2.05, 4.69) is 0 Å². The molecule has 0 aromatic heterocycles. The highest BCUT2D eigenvalue weighted by Crippen LogP contribution is 2.31. The molecule has 0 atom stereocenters. The van der Waals surface area contributed by atoms with Crippen LogP contribution in [0.3, 0.4) is 0 Å². The van der Waals surface area contributed by atoms with Crippen LogP contribution in [0.15, 0.2) is 42.5 Å². The van der Waals surface area contributed by atoms with Crippen molar-refractivity contribution in [3.05, 3.63) is 53.6 Å². The third-order valence-electron chi connectivity index (χ3n) is 4.47. The molecule has 2 N–H and O–H groups in total. The summed E-state index contributed by atoms with van der Waals surface area (Å²) in [7, 11) is 0. The van der Waals surface area contributed by atoms with Crippen LogP contribution in [0.1, 0.15) is 25.0 Å². The Labute approximate surface area is 147 Å². The number of aromatic hydroxyl groups is 2. The van der Waals surface area contributed by atoms with Crippen molar-refractivity contribution in [2.24, 2.45) is 5.41 Å². The smallest absolute Gasteiger partial charge is 0.228 e. The molecule has 2 aromatic rings. The number of hydrogen-bond acceptors (Lipinski definition) is 4. The summed E-state index contributed by atoms with van der Waals surface area (Å²) < 4.78 is 5.70. The van der Waals surface area contributed by atoms with Gasteiger partial charge in [-0.1, -0.05) is 26.0 Å². The lowest BCUT2D eigenvalue weighted by Crippen LogP contribution is -2.42. The highest BCUT2D eigenvalue weighted by Gasteiger charge is 2.33. The Bertz CT molecular complexity index is 768. The van der Waals surface area contributed by atoms with Crippen LogP contribution in [0, 0.1) is 5.41 Å². The van der Waals surface area contributed by atoms with Crippen molar-refractivity contribution < 1.29 is 19.7 Å². The largest absolute Gasteiger partial charge is 0.508 e. The van der Waals surface area contributed by atoms with Gasteiger partial charge in [0.25, 0.3) is 0 Å². The first-order chi connectivity index (χ1) is 11.8. The fraction of sp³-hybridized carbons (Fsp3) is 0.350. The normalized spacial score (nSPS) is 14.4. The predicted octanol–water partition coefficient (Wildman–Crippen LogP) is 3.09. The monoisotopic (exact) mass is 341 g/mol. The second-order valence-corrected chi connectivity index (χ2v) is 7.09. The molecular formula is C20H23NO4. The number of phenolic OH excluding ortho intramolecular Hbond substituents is 2. The first-order valence-electron chi connectivity index (χ1n) is 8.37. The Morgan fingerprint density at radius 2 is 1.80 bits per heavy atom. The van der Waals surface area contributed by atoms with Crippen molar-refractivity contribution in [2.45, 2.75) is 26.8 Å². The number of phenols is 2. The van der Waals surface area contributed by atoms with Crippen LogP contribution in [0.25, 0.3) is 0 Å². The maximum Gasteiger partial charge on any atom is 0.228 e. The molecule has 1 aliphatic heterocycles. The van der Waals surface area contributed by atoms with Gasteiger partial charge in [0.2, 0.25) is 5.91 Å². The standard InChI is InChI=1S/C20H23NO4/c1-20(2,12-14-3-5-16(22)6-4-14)19(24)21-9-10-25-18-8-7-17(23)11-15(18)13-21/h3-8,11,22-23H,9-10,12-13H2,1-2H3. The second kappa shape index (κ2) is 6.67. The summed E-state index contributed by atoms with van der Waals surface area (Å²) in [6, 6.07) is 11.9. The van der Waals surface area contributed by atoms with Gasteiger partial charge in [-0.05, 0) is 42.3 Å². The van der Waals surface area contributed by atoms with Gasteiger partial charge in [-0.25, -0.2) is 0 Å². The lowest BCUT2D eigenvalue weighted by Gasteiger charge is -2.31. The average molecular weight is 341 g/mol.